The Balaban J connectivity index is 1.68. The highest BCUT2D eigenvalue weighted by molar-refractivity contribution is 5.68. The summed E-state index contributed by atoms with van der Waals surface area (Å²) in [6.45, 7) is 11.9. The predicted octanol–water partition coefficient (Wildman–Crippen LogP) is 4.77. The lowest BCUT2D eigenvalue weighted by Gasteiger charge is -2.30. The number of ether oxygens (including phenoxy) is 1. The molecule has 5 heteroatoms. The van der Waals surface area contributed by atoms with Gasteiger partial charge in [-0.05, 0) is 74.2 Å². The zero-order valence-electron chi connectivity index (χ0n) is 17.4. The molecule has 2 aromatic heterocycles. The van der Waals surface area contributed by atoms with Gasteiger partial charge in [0.15, 0.2) is 0 Å². The highest BCUT2D eigenvalue weighted by atomic mass is 16.5. The summed E-state index contributed by atoms with van der Waals surface area (Å²) in [7, 11) is 0. The van der Waals surface area contributed by atoms with Crippen molar-refractivity contribution in [3.8, 4) is 17.0 Å². The van der Waals surface area contributed by atoms with Crippen molar-refractivity contribution in [2.75, 3.05) is 25.4 Å². The number of hydrogen-bond donors (Lipinski definition) is 1. The lowest BCUT2D eigenvalue weighted by molar-refractivity contribution is 0.174. The van der Waals surface area contributed by atoms with Crippen molar-refractivity contribution in [3.05, 3.63) is 60.4 Å². The highest BCUT2D eigenvalue weighted by Crippen LogP contribution is 2.29. The van der Waals surface area contributed by atoms with Gasteiger partial charge in [-0.15, -0.1) is 0 Å². The van der Waals surface area contributed by atoms with Gasteiger partial charge in [0.2, 0.25) is 0 Å². The summed E-state index contributed by atoms with van der Waals surface area (Å²) in [6, 6.07) is 12.1. The van der Waals surface area contributed by atoms with Crippen LogP contribution in [0.2, 0.25) is 0 Å². The predicted molar refractivity (Wildman–Crippen MR) is 119 cm³/mol. The van der Waals surface area contributed by atoms with Crippen LogP contribution in [-0.4, -0.2) is 34.0 Å². The number of nitrogens with two attached hydrogens (primary N) is 1. The molecule has 1 saturated heterocycles. The number of likely N-dealkylation sites (tertiary alicyclic amines) is 1. The second kappa shape index (κ2) is 8.29. The van der Waals surface area contributed by atoms with Crippen LogP contribution < -0.4 is 10.5 Å². The van der Waals surface area contributed by atoms with Crippen molar-refractivity contribution in [2.24, 2.45) is 5.92 Å². The molecule has 3 aromatic rings. The highest BCUT2D eigenvalue weighted by Gasteiger charge is 2.21. The standard InChI is InChI=1S/C24H30N4O/c1-17(2)16-29-21-9-6-19(7-10-21)24-22(15-27-12-4-5-18(3)13-27)28-14-20(25)8-11-23(28)26-24/h6-11,14,18H,1,4-5,12-13,15-16,25H2,2-3H3. The van der Waals surface area contributed by atoms with Gasteiger partial charge in [0.25, 0.3) is 0 Å². The van der Waals surface area contributed by atoms with Gasteiger partial charge in [-0.3, -0.25) is 4.90 Å². The number of nitrogen functional groups attached to an aromatic ring is 1. The Morgan fingerprint density at radius 3 is 2.76 bits per heavy atom. The van der Waals surface area contributed by atoms with Crippen molar-refractivity contribution in [2.45, 2.75) is 33.2 Å². The maximum absolute atomic E-state index is 6.09. The van der Waals surface area contributed by atoms with E-state index in [2.05, 4.69) is 34.9 Å². The number of rotatable bonds is 6. The first-order chi connectivity index (χ1) is 14.0. The number of imidazole rings is 1. The van der Waals surface area contributed by atoms with Crippen LogP contribution in [0.15, 0.2) is 54.7 Å². The number of hydrogen-bond acceptors (Lipinski definition) is 4. The Bertz CT molecular complexity index is 1010. The Morgan fingerprint density at radius 1 is 1.24 bits per heavy atom. The summed E-state index contributed by atoms with van der Waals surface area (Å²) < 4.78 is 7.89. The van der Waals surface area contributed by atoms with Gasteiger partial charge in [-0.1, -0.05) is 13.5 Å². The van der Waals surface area contributed by atoms with Crippen LogP contribution in [0, 0.1) is 5.92 Å². The van der Waals surface area contributed by atoms with Crippen molar-refractivity contribution >= 4 is 11.3 Å². The summed E-state index contributed by atoms with van der Waals surface area (Å²) in [5.41, 5.74) is 12.1. The number of pyridine rings is 1. The average molecular weight is 391 g/mol. The van der Waals surface area contributed by atoms with Crippen LogP contribution >= 0.6 is 0 Å². The summed E-state index contributed by atoms with van der Waals surface area (Å²) in [5, 5.41) is 0. The zero-order chi connectivity index (χ0) is 20.4. The maximum Gasteiger partial charge on any atom is 0.137 e. The lowest BCUT2D eigenvalue weighted by Crippen LogP contribution is -2.34. The maximum atomic E-state index is 6.09. The minimum absolute atomic E-state index is 0.533. The summed E-state index contributed by atoms with van der Waals surface area (Å²) in [4.78, 5) is 7.47. The third-order valence-corrected chi connectivity index (χ3v) is 5.47. The average Bonchev–Trinajstić information content (AvgIpc) is 3.04. The molecular weight excluding hydrogens is 360 g/mol. The van der Waals surface area contributed by atoms with E-state index in [1.807, 2.05) is 37.4 Å². The first-order valence-electron chi connectivity index (χ1n) is 10.4. The number of fused-ring (bicyclic) bond motifs is 1. The summed E-state index contributed by atoms with van der Waals surface area (Å²) >= 11 is 0. The molecule has 4 rings (SSSR count). The monoisotopic (exact) mass is 390 g/mol. The van der Waals surface area contributed by atoms with E-state index in [0.717, 1.165) is 59.5 Å². The molecule has 0 radical (unpaired) electrons. The smallest absolute Gasteiger partial charge is 0.137 e. The fourth-order valence-corrected chi connectivity index (χ4v) is 4.05. The fourth-order valence-electron chi connectivity index (χ4n) is 4.05. The second-order valence-corrected chi connectivity index (χ2v) is 8.35. The number of anilines is 1. The SMILES string of the molecule is C=C(C)COc1ccc(-c2nc3ccc(N)cn3c2CN2CCCC(C)C2)cc1. The molecule has 0 aliphatic carbocycles. The Hall–Kier alpha value is -2.79. The molecule has 3 heterocycles. The molecule has 29 heavy (non-hydrogen) atoms. The van der Waals surface area contributed by atoms with E-state index in [4.69, 9.17) is 15.5 Å². The molecule has 152 valence electrons. The van der Waals surface area contributed by atoms with E-state index in [9.17, 15) is 0 Å². The van der Waals surface area contributed by atoms with Crippen LogP contribution in [0.25, 0.3) is 16.9 Å². The molecule has 0 saturated carbocycles. The molecule has 2 N–H and O–H groups in total. The van der Waals surface area contributed by atoms with E-state index in [0.29, 0.717) is 6.61 Å². The van der Waals surface area contributed by atoms with Crippen LogP contribution in [0.4, 0.5) is 5.69 Å². The second-order valence-electron chi connectivity index (χ2n) is 8.35. The van der Waals surface area contributed by atoms with Gasteiger partial charge in [-0.25, -0.2) is 4.98 Å². The van der Waals surface area contributed by atoms with Crippen molar-refractivity contribution in [3.63, 3.8) is 0 Å². The molecule has 1 atom stereocenters. The third-order valence-electron chi connectivity index (χ3n) is 5.47. The minimum atomic E-state index is 0.533. The topological polar surface area (TPSA) is 55.8 Å². The van der Waals surface area contributed by atoms with E-state index in [1.54, 1.807) is 0 Å². The summed E-state index contributed by atoms with van der Waals surface area (Å²) in [6.07, 6.45) is 4.55. The van der Waals surface area contributed by atoms with Crippen LogP contribution in [0.5, 0.6) is 5.75 Å². The third kappa shape index (κ3) is 4.46. The molecule has 1 fully saturated rings. The Morgan fingerprint density at radius 2 is 2.03 bits per heavy atom. The number of piperidine rings is 1. The van der Waals surface area contributed by atoms with Crippen molar-refractivity contribution in [1.29, 1.82) is 0 Å². The Kier molecular flexibility index (Phi) is 5.58. The number of nitrogens with zero attached hydrogens (tertiary/aromatic N) is 3. The quantitative estimate of drug-likeness (QED) is 0.616. The van der Waals surface area contributed by atoms with E-state index in [1.165, 1.54) is 18.5 Å². The molecule has 1 aliphatic rings. The van der Waals surface area contributed by atoms with Gasteiger partial charge >= 0.3 is 0 Å². The minimum Gasteiger partial charge on any atom is -0.489 e. The van der Waals surface area contributed by atoms with E-state index < -0.39 is 0 Å². The van der Waals surface area contributed by atoms with Crippen molar-refractivity contribution in [1.82, 2.24) is 14.3 Å². The van der Waals surface area contributed by atoms with E-state index in [-0.39, 0.29) is 0 Å². The largest absolute Gasteiger partial charge is 0.489 e. The molecular formula is C24H30N4O. The van der Waals surface area contributed by atoms with Crippen LogP contribution in [0.1, 0.15) is 32.4 Å². The van der Waals surface area contributed by atoms with Gasteiger partial charge < -0.3 is 14.9 Å². The normalized spacial score (nSPS) is 17.5. The molecule has 5 nitrogen and oxygen atoms in total. The Labute approximate surface area is 172 Å². The summed E-state index contributed by atoms with van der Waals surface area (Å²) in [5.74, 6) is 1.58. The van der Waals surface area contributed by atoms with Gasteiger partial charge in [-0.2, -0.15) is 0 Å². The molecule has 0 amide bonds. The zero-order valence-corrected chi connectivity index (χ0v) is 17.4. The lowest BCUT2D eigenvalue weighted by atomic mass is 10.00. The van der Waals surface area contributed by atoms with Crippen molar-refractivity contribution < 1.29 is 4.74 Å². The van der Waals surface area contributed by atoms with Gasteiger partial charge in [0.05, 0.1) is 11.4 Å². The number of benzene rings is 1. The van der Waals surface area contributed by atoms with Crippen LogP contribution in [0.3, 0.4) is 0 Å². The molecule has 1 unspecified atom stereocenters. The first kappa shape index (κ1) is 19.5. The fraction of sp³-hybridized carbons (Fsp3) is 0.375. The van der Waals surface area contributed by atoms with Crippen LogP contribution in [-0.2, 0) is 6.54 Å². The van der Waals surface area contributed by atoms with Gasteiger partial charge in [0.1, 0.15) is 18.0 Å². The molecule has 0 bridgehead atoms. The number of aromatic nitrogens is 2. The molecule has 0 spiro atoms. The first-order valence-corrected chi connectivity index (χ1v) is 10.4. The molecule has 1 aromatic carbocycles. The van der Waals surface area contributed by atoms with E-state index >= 15 is 0 Å². The molecule has 1 aliphatic heterocycles. The van der Waals surface area contributed by atoms with Gasteiger partial charge in [0, 0.05) is 30.5 Å².